The molecule has 0 radical (unpaired) electrons. The lowest BCUT2D eigenvalue weighted by Gasteiger charge is -2.37. The number of thioether (sulfide) groups is 1. The minimum Gasteiger partial charge on any atom is -0.469 e. The van der Waals surface area contributed by atoms with Crippen LogP contribution < -0.4 is 10.5 Å². The van der Waals surface area contributed by atoms with Crippen molar-refractivity contribution in [2.75, 3.05) is 11.5 Å². The summed E-state index contributed by atoms with van der Waals surface area (Å²) in [6.45, 7) is 8.09. The molecule has 0 amide bonds. The van der Waals surface area contributed by atoms with Crippen molar-refractivity contribution >= 4 is 22.5 Å². The van der Waals surface area contributed by atoms with Crippen molar-refractivity contribution in [3.8, 4) is 5.88 Å². The predicted octanol–water partition coefficient (Wildman–Crippen LogP) is 3.02. The van der Waals surface area contributed by atoms with Gasteiger partial charge in [0.15, 0.2) is 0 Å². The first-order valence-electron chi connectivity index (χ1n) is 7.10. The standard InChI is InChI=1S/C16H21N3OS/c1-10-5-11-12(6-18-10)14(20-16(4)8-21-9-16)19-7-13(11)15(2,3)17/h5-7H,8-9,17H2,1-4H3. The summed E-state index contributed by atoms with van der Waals surface area (Å²) in [5.74, 6) is 2.66. The Labute approximate surface area is 129 Å². The Bertz CT molecular complexity index is 690. The molecule has 21 heavy (non-hydrogen) atoms. The molecule has 3 heterocycles. The highest BCUT2D eigenvalue weighted by molar-refractivity contribution is 8.00. The maximum atomic E-state index is 6.28. The Balaban J connectivity index is 2.15. The number of rotatable bonds is 3. The zero-order valence-electron chi connectivity index (χ0n) is 12.9. The number of nitrogens with zero attached hydrogens (tertiary/aromatic N) is 2. The molecule has 0 atom stereocenters. The van der Waals surface area contributed by atoms with E-state index in [-0.39, 0.29) is 5.60 Å². The fourth-order valence-electron chi connectivity index (χ4n) is 2.49. The summed E-state index contributed by atoms with van der Waals surface area (Å²) in [6, 6.07) is 2.06. The maximum absolute atomic E-state index is 6.28. The van der Waals surface area contributed by atoms with Crippen LogP contribution in [0.2, 0.25) is 0 Å². The van der Waals surface area contributed by atoms with Gasteiger partial charge in [-0.1, -0.05) is 0 Å². The van der Waals surface area contributed by atoms with E-state index in [1.807, 2.05) is 44.9 Å². The molecule has 0 saturated carbocycles. The number of ether oxygens (including phenoxy) is 1. The number of fused-ring (bicyclic) bond motifs is 1. The topological polar surface area (TPSA) is 61.0 Å². The number of aromatic nitrogens is 2. The Kier molecular flexibility index (Phi) is 3.37. The fourth-order valence-corrected chi connectivity index (χ4v) is 3.39. The first-order chi connectivity index (χ1) is 9.78. The Morgan fingerprint density at radius 1 is 1.24 bits per heavy atom. The summed E-state index contributed by atoms with van der Waals surface area (Å²) >= 11 is 1.89. The molecule has 2 N–H and O–H groups in total. The minimum absolute atomic E-state index is 0.116. The smallest absolute Gasteiger partial charge is 0.223 e. The Morgan fingerprint density at radius 3 is 2.52 bits per heavy atom. The third kappa shape index (κ3) is 2.72. The second-order valence-corrected chi connectivity index (χ2v) is 7.60. The van der Waals surface area contributed by atoms with E-state index in [1.54, 1.807) is 0 Å². The van der Waals surface area contributed by atoms with Crippen LogP contribution in [-0.2, 0) is 5.54 Å². The van der Waals surface area contributed by atoms with Gasteiger partial charge in [0.2, 0.25) is 5.88 Å². The van der Waals surface area contributed by atoms with Crippen molar-refractivity contribution in [3.63, 3.8) is 0 Å². The molecule has 0 spiro atoms. The van der Waals surface area contributed by atoms with Crippen molar-refractivity contribution in [2.45, 2.75) is 38.8 Å². The molecule has 0 bridgehead atoms. The highest BCUT2D eigenvalue weighted by atomic mass is 32.2. The number of hydrogen-bond acceptors (Lipinski definition) is 5. The van der Waals surface area contributed by atoms with Gasteiger partial charge in [-0.15, -0.1) is 0 Å². The molecule has 0 unspecified atom stereocenters. The highest BCUT2D eigenvalue weighted by Gasteiger charge is 2.36. The van der Waals surface area contributed by atoms with E-state index in [4.69, 9.17) is 10.5 Å². The molecule has 1 saturated heterocycles. The van der Waals surface area contributed by atoms with Crippen LogP contribution in [0.5, 0.6) is 5.88 Å². The van der Waals surface area contributed by atoms with Crippen molar-refractivity contribution in [2.24, 2.45) is 5.73 Å². The van der Waals surface area contributed by atoms with Crippen molar-refractivity contribution < 1.29 is 4.74 Å². The molecule has 0 aromatic carbocycles. The van der Waals surface area contributed by atoms with Gasteiger partial charge in [0.1, 0.15) is 5.60 Å². The third-order valence-electron chi connectivity index (χ3n) is 3.72. The number of hydrogen-bond donors (Lipinski definition) is 1. The van der Waals surface area contributed by atoms with Gasteiger partial charge in [-0.2, -0.15) is 11.8 Å². The quantitative estimate of drug-likeness (QED) is 0.944. The summed E-state index contributed by atoms with van der Waals surface area (Å²) in [6.07, 6.45) is 3.68. The molecule has 4 nitrogen and oxygen atoms in total. The fraction of sp³-hybridized carbons (Fsp3) is 0.500. The lowest BCUT2D eigenvalue weighted by Crippen LogP contribution is -2.46. The van der Waals surface area contributed by atoms with Gasteiger partial charge in [0.05, 0.1) is 5.39 Å². The monoisotopic (exact) mass is 303 g/mol. The van der Waals surface area contributed by atoms with Crippen LogP contribution in [0.25, 0.3) is 10.8 Å². The van der Waals surface area contributed by atoms with Gasteiger partial charge in [0.25, 0.3) is 0 Å². The van der Waals surface area contributed by atoms with Crippen molar-refractivity contribution in [3.05, 3.63) is 29.7 Å². The van der Waals surface area contributed by atoms with E-state index in [0.29, 0.717) is 5.88 Å². The van der Waals surface area contributed by atoms with Gasteiger partial charge in [-0.3, -0.25) is 4.98 Å². The first kappa shape index (κ1) is 14.6. The van der Waals surface area contributed by atoms with Gasteiger partial charge >= 0.3 is 0 Å². The first-order valence-corrected chi connectivity index (χ1v) is 8.25. The molecule has 112 valence electrons. The average Bonchev–Trinajstić information content (AvgIpc) is 2.35. The SMILES string of the molecule is Cc1cc2c(C(C)(C)N)cnc(OC3(C)CSC3)c2cn1. The van der Waals surface area contributed by atoms with Crippen molar-refractivity contribution in [1.29, 1.82) is 0 Å². The van der Waals surface area contributed by atoms with Gasteiger partial charge in [-0.05, 0) is 44.7 Å². The predicted molar refractivity (Wildman–Crippen MR) is 87.8 cm³/mol. The van der Waals surface area contributed by atoms with E-state index in [0.717, 1.165) is 33.5 Å². The average molecular weight is 303 g/mol. The summed E-state index contributed by atoms with van der Waals surface area (Å²) in [7, 11) is 0. The lowest BCUT2D eigenvalue weighted by atomic mass is 9.92. The molecule has 1 fully saturated rings. The summed E-state index contributed by atoms with van der Waals surface area (Å²) < 4.78 is 6.15. The molecule has 5 heteroatoms. The van der Waals surface area contributed by atoms with Crippen LogP contribution in [-0.4, -0.2) is 27.1 Å². The van der Waals surface area contributed by atoms with Crippen LogP contribution >= 0.6 is 11.8 Å². The van der Waals surface area contributed by atoms with E-state index in [2.05, 4.69) is 23.0 Å². The third-order valence-corrected chi connectivity index (χ3v) is 5.35. The minimum atomic E-state index is -0.451. The summed E-state index contributed by atoms with van der Waals surface area (Å²) in [5, 5.41) is 2.02. The molecule has 3 rings (SSSR count). The van der Waals surface area contributed by atoms with Crippen LogP contribution in [0.4, 0.5) is 0 Å². The van der Waals surface area contributed by atoms with Crippen molar-refractivity contribution in [1.82, 2.24) is 9.97 Å². The normalized spacial score (nSPS) is 17.6. The molecule has 1 aliphatic rings. The maximum Gasteiger partial charge on any atom is 0.223 e. The highest BCUT2D eigenvalue weighted by Crippen LogP contribution is 2.37. The summed E-state index contributed by atoms with van der Waals surface area (Å²) in [4.78, 5) is 8.92. The Hall–Kier alpha value is -1.33. The van der Waals surface area contributed by atoms with Crippen LogP contribution in [0.15, 0.2) is 18.5 Å². The molecule has 2 aromatic heterocycles. The summed E-state index contributed by atoms with van der Waals surface area (Å²) in [5.41, 5.74) is 7.70. The van der Waals surface area contributed by atoms with Crippen LogP contribution in [0, 0.1) is 6.92 Å². The number of pyridine rings is 2. The number of nitrogens with two attached hydrogens (primary N) is 1. The van der Waals surface area contributed by atoms with E-state index in [9.17, 15) is 0 Å². The van der Waals surface area contributed by atoms with Gasteiger partial charge in [0, 0.05) is 35.1 Å². The molecular formula is C16H21N3OS. The zero-order chi connectivity index (χ0) is 15.3. The van der Waals surface area contributed by atoms with Crippen LogP contribution in [0.1, 0.15) is 32.0 Å². The van der Waals surface area contributed by atoms with E-state index < -0.39 is 5.54 Å². The molecule has 2 aromatic rings. The zero-order valence-corrected chi connectivity index (χ0v) is 13.8. The largest absolute Gasteiger partial charge is 0.469 e. The number of aryl methyl sites for hydroxylation is 1. The second kappa shape index (κ2) is 4.85. The molecule has 1 aliphatic heterocycles. The van der Waals surface area contributed by atoms with E-state index in [1.165, 1.54) is 0 Å². The second-order valence-electron chi connectivity index (χ2n) is 6.61. The van der Waals surface area contributed by atoms with E-state index >= 15 is 0 Å². The molecule has 0 aliphatic carbocycles. The van der Waals surface area contributed by atoms with Gasteiger partial charge < -0.3 is 10.5 Å². The van der Waals surface area contributed by atoms with Crippen LogP contribution in [0.3, 0.4) is 0 Å². The lowest BCUT2D eigenvalue weighted by molar-refractivity contribution is 0.124. The Morgan fingerprint density at radius 2 is 1.95 bits per heavy atom. The van der Waals surface area contributed by atoms with Gasteiger partial charge in [-0.25, -0.2) is 4.98 Å². The molecular weight excluding hydrogens is 282 g/mol.